The average Bonchev–Trinajstić information content (AvgIpc) is 3.38. The number of aryl methyl sites for hydroxylation is 1. The number of rotatable bonds is 5. The fraction of sp³-hybridized carbons (Fsp3) is 0.577. The third-order valence-corrected chi connectivity index (χ3v) is 9.04. The van der Waals surface area contributed by atoms with Crippen molar-refractivity contribution in [3.8, 4) is 12.3 Å². The number of hydrogen-bond acceptors (Lipinski definition) is 5. The lowest BCUT2D eigenvalue weighted by Gasteiger charge is -2.53. The van der Waals surface area contributed by atoms with Crippen molar-refractivity contribution in [1.82, 2.24) is 14.5 Å². The first-order valence-electron chi connectivity index (χ1n) is 11.9. The number of carbonyl (C=O) groups excluding carboxylic acids is 2. The number of amides is 2. The smallest absolute Gasteiger partial charge is 0.274 e. The summed E-state index contributed by atoms with van der Waals surface area (Å²) in [6.45, 7) is 6.54. The number of aromatic nitrogens is 2. The van der Waals surface area contributed by atoms with Gasteiger partial charge in [0.1, 0.15) is 5.69 Å². The van der Waals surface area contributed by atoms with Crippen LogP contribution in [0.15, 0.2) is 18.3 Å². The lowest BCUT2D eigenvalue weighted by atomic mass is 9.53. The van der Waals surface area contributed by atoms with Crippen LogP contribution in [0, 0.1) is 35.5 Å². The maximum atomic E-state index is 12.9. The van der Waals surface area contributed by atoms with Crippen LogP contribution in [-0.4, -0.2) is 51.1 Å². The first kappa shape index (κ1) is 24.5. The second-order valence-electron chi connectivity index (χ2n) is 10.3. The third-order valence-electron chi connectivity index (χ3n) is 8.06. The molecule has 2 aromatic heterocycles. The molecule has 2 N–H and O–H groups in total. The first-order chi connectivity index (χ1) is 16.1. The Hall–Kier alpha value is -2.63. The standard InChI is InChI=1S/C26H34N4O3S/c1-7-12-30(6)24(33)15(2)17-10-11-26(4)14-19-21(16(3)20(26)22(17)31)27-25(34-19)28-23(32)18-9-8-13-29(18)5/h1,8-9,13,15-17,20,22,31H,10-12,14H2,2-6H3,(H,27,28,32)/t15-,16-,17-,20+,22-,26-/m0/s1. The average molecular weight is 483 g/mol. The van der Waals surface area contributed by atoms with Gasteiger partial charge in [0.15, 0.2) is 5.13 Å². The Morgan fingerprint density at radius 2 is 2.24 bits per heavy atom. The maximum absolute atomic E-state index is 12.9. The molecule has 6 atom stereocenters. The van der Waals surface area contributed by atoms with Crippen molar-refractivity contribution in [2.75, 3.05) is 18.9 Å². The van der Waals surface area contributed by atoms with Gasteiger partial charge in [-0.1, -0.05) is 26.7 Å². The highest BCUT2D eigenvalue weighted by Gasteiger charge is 2.54. The van der Waals surface area contributed by atoms with E-state index in [-0.39, 0.29) is 47.4 Å². The molecule has 2 aromatic rings. The van der Waals surface area contributed by atoms with Crippen molar-refractivity contribution in [2.24, 2.45) is 30.2 Å². The first-order valence-corrected chi connectivity index (χ1v) is 12.7. The van der Waals surface area contributed by atoms with Gasteiger partial charge < -0.3 is 14.6 Å². The highest BCUT2D eigenvalue weighted by molar-refractivity contribution is 7.15. The summed E-state index contributed by atoms with van der Waals surface area (Å²) in [5.41, 5.74) is 1.45. The minimum Gasteiger partial charge on any atom is -0.392 e. The molecule has 2 amide bonds. The van der Waals surface area contributed by atoms with Gasteiger partial charge in [0.2, 0.25) is 5.91 Å². The zero-order valence-corrected chi connectivity index (χ0v) is 21.4. The molecule has 1 fully saturated rings. The number of anilines is 1. The van der Waals surface area contributed by atoms with Crippen LogP contribution in [0.2, 0.25) is 0 Å². The van der Waals surface area contributed by atoms with Gasteiger partial charge in [-0.15, -0.1) is 17.8 Å². The molecule has 1 saturated carbocycles. The van der Waals surface area contributed by atoms with Gasteiger partial charge in [-0.05, 0) is 48.6 Å². The lowest BCUT2D eigenvalue weighted by Crippen LogP contribution is -2.53. The summed E-state index contributed by atoms with van der Waals surface area (Å²) in [7, 11) is 3.55. The highest BCUT2D eigenvalue weighted by Crippen LogP contribution is 2.57. The lowest BCUT2D eigenvalue weighted by molar-refractivity contribution is -0.142. The molecule has 0 bridgehead atoms. The number of thiazole rings is 1. The van der Waals surface area contributed by atoms with Crippen LogP contribution in [0.5, 0.6) is 0 Å². The van der Waals surface area contributed by atoms with E-state index in [9.17, 15) is 14.7 Å². The summed E-state index contributed by atoms with van der Waals surface area (Å²) >= 11 is 1.53. The van der Waals surface area contributed by atoms with Gasteiger partial charge >= 0.3 is 0 Å². The van der Waals surface area contributed by atoms with Crippen molar-refractivity contribution >= 4 is 28.3 Å². The van der Waals surface area contributed by atoms with E-state index in [1.165, 1.54) is 16.2 Å². The van der Waals surface area contributed by atoms with Gasteiger partial charge in [0.25, 0.3) is 5.91 Å². The molecule has 0 unspecified atom stereocenters. The predicted octanol–water partition coefficient (Wildman–Crippen LogP) is 3.51. The molecule has 2 aliphatic rings. The summed E-state index contributed by atoms with van der Waals surface area (Å²) in [6, 6.07) is 3.62. The third kappa shape index (κ3) is 4.16. The summed E-state index contributed by atoms with van der Waals surface area (Å²) in [5.74, 6) is 1.91. The van der Waals surface area contributed by atoms with Crippen LogP contribution in [-0.2, 0) is 18.3 Å². The van der Waals surface area contributed by atoms with Crippen molar-refractivity contribution < 1.29 is 14.7 Å². The fourth-order valence-corrected chi connectivity index (χ4v) is 7.46. The van der Waals surface area contributed by atoms with Crippen LogP contribution < -0.4 is 5.32 Å². The van der Waals surface area contributed by atoms with Crippen molar-refractivity contribution in [3.63, 3.8) is 0 Å². The normalized spacial score (nSPS) is 28.9. The maximum Gasteiger partial charge on any atom is 0.274 e. The SMILES string of the molecule is C#CCN(C)C(=O)[C@@H](C)[C@@H]1CC[C@@]2(C)Cc3sc(NC(=O)c4cccn4C)nc3[C@@H](C)[C@@H]2[C@H]1O. The van der Waals surface area contributed by atoms with Crippen LogP contribution in [0.25, 0.3) is 0 Å². The van der Waals surface area contributed by atoms with Crippen molar-refractivity contribution in [3.05, 3.63) is 34.6 Å². The van der Waals surface area contributed by atoms with E-state index in [4.69, 9.17) is 11.4 Å². The second kappa shape index (κ2) is 9.20. The van der Waals surface area contributed by atoms with E-state index < -0.39 is 6.10 Å². The summed E-state index contributed by atoms with van der Waals surface area (Å²) < 4.78 is 1.78. The Bertz CT molecular complexity index is 1130. The van der Waals surface area contributed by atoms with E-state index in [0.29, 0.717) is 10.8 Å². The van der Waals surface area contributed by atoms with Crippen LogP contribution in [0.1, 0.15) is 60.6 Å². The Balaban J connectivity index is 1.55. The quantitative estimate of drug-likeness (QED) is 0.639. The predicted molar refractivity (Wildman–Crippen MR) is 134 cm³/mol. The van der Waals surface area contributed by atoms with Crippen LogP contribution in [0.3, 0.4) is 0 Å². The molecule has 34 heavy (non-hydrogen) atoms. The number of hydrogen-bond donors (Lipinski definition) is 2. The topological polar surface area (TPSA) is 87.5 Å². The minimum atomic E-state index is -0.608. The molecule has 0 spiro atoms. The van der Waals surface area contributed by atoms with Gasteiger partial charge in [0.05, 0.1) is 18.3 Å². The number of aliphatic hydroxyl groups is 1. The van der Waals surface area contributed by atoms with Crippen molar-refractivity contribution in [2.45, 2.75) is 52.1 Å². The summed E-state index contributed by atoms with van der Waals surface area (Å²) in [6.07, 6.45) is 9.16. The number of fused-ring (bicyclic) bond motifs is 2. The number of aliphatic hydroxyl groups excluding tert-OH is 1. The zero-order chi connectivity index (χ0) is 24.8. The molecule has 0 aromatic carbocycles. The van der Waals surface area contributed by atoms with E-state index in [0.717, 1.165) is 25.0 Å². The number of nitrogens with one attached hydrogen (secondary N) is 1. The monoisotopic (exact) mass is 482 g/mol. The van der Waals surface area contributed by atoms with Crippen LogP contribution in [0.4, 0.5) is 5.13 Å². The molecule has 0 aliphatic heterocycles. The van der Waals surface area contributed by atoms with Gasteiger partial charge in [-0.3, -0.25) is 14.9 Å². The fourth-order valence-electron chi connectivity index (χ4n) is 6.20. The second-order valence-corrected chi connectivity index (χ2v) is 11.4. The molecule has 2 aliphatic carbocycles. The molecular weight excluding hydrogens is 448 g/mol. The molecule has 182 valence electrons. The van der Waals surface area contributed by atoms with E-state index in [1.807, 2.05) is 26.2 Å². The van der Waals surface area contributed by atoms with Gasteiger partial charge in [-0.2, -0.15) is 0 Å². The molecule has 7 nitrogen and oxygen atoms in total. The molecule has 4 rings (SSSR count). The Morgan fingerprint density at radius 1 is 1.50 bits per heavy atom. The molecule has 0 radical (unpaired) electrons. The van der Waals surface area contributed by atoms with E-state index in [1.54, 1.807) is 22.6 Å². The molecule has 2 heterocycles. The van der Waals surface area contributed by atoms with Gasteiger partial charge in [-0.25, -0.2) is 4.98 Å². The zero-order valence-electron chi connectivity index (χ0n) is 20.5. The van der Waals surface area contributed by atoms with Gasteiger partial charge in [0, 0.05) is 37.0 Å². The highest BCUT2D eigenvalue weighted by atomic mass is 32.1. The molecule has 8 heteroatoms. The van der Waals surface area contributed by atoms with Crippen molar-refractivity contribution in [1.29, 1.82) is 0 Å². The molecular formula is C26H34N4O3S. The van der Waals surface area contributed by atoms with Crippen LogP contribution >= 0.6 is 11.3 Å². The summed E-state index contributed by atoms with van der Waals surface area (Å²) in [5, 5.41) is 15.1. The number of nitrogens with zero attached hydrogens (tertiary/aromatic N) is 3. The Labute approximate surface area is 205 Å². The molecule has 0 saturated heterocycles. The minimum absolute atomic E-state index is 0.00883. The van der Waals surface area contributed by atoms with E-state index >= 15 is 0 Å². The van der Waals surface area contributed by atoms with E-state index in [2.05, 4.69) is 25.1 Å². The number of carbonyl (C=O) groups is 2. The largest absolute Gasteiger partial charge is 0.392 e. The summed E-state index contributed by atoms with van der Waals surface area (Å²) in [4.78, 5) is 33.1. The Morgan fingerprint density at radius 3 is 2.88 bits per heavy atom. The Kier molecular flexibility index (Phi) is 6.63. The number of terminal acetylenes is 1.